The number of nitrogens with one attached hydrogen (secondary N) is 1. The van der Waals surface area contributed by atoms with Crippen LogP contribution in [0.25, 0.3) is 0 Å². The fraction of sp³-hybridized carbons (Fsp3) is 0.133. The molecule has 110 valence electrons. The lowest BCUT2D eigenvalue weighted by atomic mass is 10.2. The molecule has 0 aliphatic heterocycles. The van der Waals surface area contributed by atoms with Gasteiger partial charge in [-0.15, -0.1) is 0 Å². The number of anilines is 2. The van der Waals surface area contributed by atoms with Gasteiger partial charge in [0, 0.05) is 10.0 Å². The molecule has 2 aromatic rings. The van der Waals surface area contributed by atoms with Crippen LogP contribution in [0.5, 0.6) is 0 Å². The first-order valence-electron chi connectivity index (χ1n) is 6.21. The van der Waals surface area contributed by atoms with Crippen LogP contribution in [0.1, 0.15) is 5.56 Å². The third-order valence-corrected chi connectivity index (χ3v) is 3.15. The number of nitrogen functional groups attached to an aromatic ring is 1. The van der Waals surface area contributed by atoms with Crippen LogP contribution < -0.4 is 11.1 Å². The highest BCUT2D eigenvalue weighted by Gasteiger charge is 2.06. The Morgan fingerprint density at radius 2 is 1.90 bits per heavy atom. The molecule has 0 saturated heterocycles. The number of benzene rings is 2. The van der Waals surface area contributed by atoms with Crippen LogP contribution in [0.4, 0.5) is 11.4 Å². The van der Waals surface area contributed by atoms with Crippen molar-refractivity contribution in [3.63, 3.8) is 0 Å². The van der Waals surface area contributed by atoms with Gasteiger partial charge in [-0.1, -0.05) is 35.3 Å². The van der Waals surface area contributed by atoms with E-state index in [2.05, 4.69) is 5.32 Å². The fourth-order valence-corrected chi connectivity index (χ4v) is 2.12. The van der Waals surface area contributed by atoms with Gasteiger partial charge in [0.15, 0.2) is 0 Å². The van der Waals surface area contributed by atoms with Gasteiger partial charge in [-0.2, -0.15) is 0 Å². The van der Waals surface area contributed by atoms with E-state index in [0.717, 1.165) is 5.56 Å². The number of nitrogens with two attached hydrogens (primary N) is 1. The summed E-state index contributed by atoms with van der Waals surface area (Å²) < 4.78 is 5.33. The summed E-state index contributed by atoms with van der Waals surface area (Å²) in [5, 5.41) is 3.81. The molecule has 0 radical (unpaired) electrons. The quantitative estimate of drug-likeness (QED) is 0.823. The van der Waals surface area contributed by atoms with Gasteiger partial charge in [-0.3, -0.25) is 4.79 Å². The SMILES string of the molecule is Nc1cc(Cl)ccc1NC(=O)COCc1cccc(Cl)c1. The minimum Gasteiger partial charge on any atom is -0.397 e. The first-order chi connectivity index (χ1) is 10.0. The third kappa shape index (κ3) is 4.93. The number of carbonyl (C=O) groups excluding carboxylic acids is 1. The van der Waals surface area contributed by atoms with Crippen LogP contribution in [-0.2, 0) is 16.1 Å². The summed E-state index contributed by atoms with van der Waals surface area (Å²) in [5.74, 6) is -0.286. The van der Waals surface area contributed by atoms with E-state index in [1.807, 2.05) is 12.1 Å². The van der Waals surface area contributed by atoms with Crippen LogP contribution in [0, 0.1) is 0 Å². The van der Waals surface area contributed by atoms with E-state index in [4.69, 9.17) is 33.7 Å². The molecular weight excluding hydrogens is 311 g/mol. The molecule has 0 spiro atoms. The molecule has 0 aliphatic rings. The van der Waals surface area contributed by atoms with Crippen molar-refractivity contribution in [1.82, 2.24) is 0 Å². The fourth-order valence-electron chi connectivity index (χ4n) is 1.72. The van der Waals surface area contributed by atoms with Crippen molar-refractivity contribution in [2.24, 2.45) is 0 Å². The molecule has 0 heterocycles. The highest BCUT2D eigenvalue weighted by atomic mass is 35.5. The molecular formula is C15H14Cl2N2O2. The number of carbonyl (C=O) groups is 1. The lowest BCUT2D eigenvalue weighted by molar-refractivity contribution is -0.121. The van der Waals surface area contributed by atoms with Crippen LogP contribution in [-0.4, -0.2) is 12.5 Å². The number of hydrogen-bond acceptors (Lipinski definition) is 3. The van der Waals surface area contributed by atoms with Crippen LogP contribution >= 0.6 is 23.2 Å². The predicted molar refractivity (Wildman–Crippen MR) is 85.6 cm³/mol. The van der Waals surface area contributed by atoms with Crippen molar-refractivity contribution >= 4 is 40.5 Å². The van der Waals surface area contributed by atoms with Gasteiger partial charge >= 0.3 is 0 Å². The average molecular weight is 325 g/mol. The zero-order chi connectivity index (χ0) is 15.2. The second-order valence-corrected chi connectivity index (χ2v) is 5.28. The Morgan fingerprint density at radius 3 is 2.62 bits per heavy atom. The number of hydrogen-bond donors (Lipinski definition) is 2. The van der Waals surface area contributed by atoms with Crippen molar-refractivity contribution in [2.75, 3.05) is 17.7 Å². The average Bonchev–Trinajstić information content (AvgIpc) is 2.42. The maximum absolute atomic E-state index is 11.8. The molecule has 0 fully saturated rings. The standard InChI is InChI=1S/C15H14Cl2N2O2/c16-11-3-1-2-10(6-11)8-21-9-15(20)19-14-5-4-12(17)7-13(14)18/h1-7H,8-9,18H2,(H,19,20). The lowest BCUT2D eigenvalue weighted by Crippen LogP contribution is -2.19. The number of amides is 1. The van der Waals surface area contributed by atoms with Gasteiger partial charge in [0.2, 0.25) is 5.91 Å². The van der Waals surface area contributed by atoms with Gasteiger partial charge in [0.05, 0.1) is 18.0 Å². The monoisotopic (exact) mass is 324 g/mol. The van der Waals surface area contributed by atoms with E-state index >= 15 is 0 Å². The molecule has 2 aromatic carbocycles. The first kappa shape index (κ1) is 15.6. The van der Waals surface area contributed by atoms with E-state index in [9.17, 15) is 4.79 Å². The van der Waals surface area contributed by atoms with Crippen LogP contribution in [0.2, 0.25) is 10.0 Å². The summed E-state index contributed by atoms with van der Waals surface area (Å²) in [6, 6.07) is 12.1. The largest absolute Gasteiger partial charge is 0.397 e. The first-order valence-corrected chi connectivity index (χ1v) is 6.97. The van der Waals surface area contributed by atoms with Gasteiger partial charge < -0.3 is 15.8 Å². The van der Waals surface area contributed by atoms with Crippen molar-refractivity contribution < 1.29 is 9.53 Å². The molecule has 2 rings (SSSR count). The molecule has 0 saturated carbocycles. The molecule has 0 bridgehead atoms. The minimum absolute atomic E-state index is 0.0748. The molecule has 21 heavy (non-hydrogen) atoms. The van der Waals surface area contributed by atoms with Gasteiger partial charge in [0.25, 0.3) is 0 Å². The van der Waals surface area contributed by atoms with Crippen molar-refractivity contribution in [3.05, 3.63) is 58.1 Å². The zero-order valence-electron chi connectivity index (χ0n) is 11.1. The summed E-state index contributed by atoms with van der Waals surface area (Å²) in [5.41, 5.74) is 7.57. The summed E-state index contributed by atoms with van der Waals surface area (Å²) in [4.78, 5) is 11.8. The Hall–Kier alpha value is -1.75. The summed E-state index contributed by atoms with van der Waals surface area (Å²) in [6.07, 6.45) is 0. The van der Waals surface area contributed by atoms with Gasteiger partial charge in [-0.05, 0) is 35.9 Å². The summed E-state index contributed by atoms with van der Waals surface area (Å²) >= 11 is 11.7. The lowest BCUT2D eigenvalue weighted by Gasteiger charge is -2.09. The smallest absolute Gasteiger partial charge is 0.250 e. The number of ether oxygens (including phenoxy) is 1. The molecule has 6 heteroatoms. The third-order valence-electron chi connectivity index (χ3n) is 2.68. The molecule has 0 aliphatic carbocycles. The van der Waals surface area contributed by atoms with Crippen molar-refractivity contribution in [3.8, 4) is 0 Å². The highest BCUT2D eigenvalue weighted by Crippen LogP contribution is 2.22. The van der Waals surface area contributed by atoms with Crippen molar-refractivity contribution in [2.45, 2.75) is 6.61 Å². The number of rotatable bonds is 5. The van der Waals surface area contributed by atoms with E-state index < -0.39 is 0 Å². The summed E-state index contributed by atoms with van der Waals surface area (Å²) in [7, 11) is 0. The Labute approximate surface area is 132 Å². The summed E-state index contributed by atoms with van der Waals surface area (Å²) in [6.45, 7) is 0.235. The van der Waals surface area contributed by atoms with E-state index in [1.165, 1.54) is 0 Å². The highest BCUT2D eigenvalue weighted by molar-refractivity contribution is 6.31. The normalized spacial score (nSPS) is 10.4. The maximum atomic E-state index is 11.8. The molecule has 1 amide bonds. The molecule has 0 atom stereocenters. The Bertz CT molecular complexity index is 647. The maximum Gasteiger partial charge on any atom is 0.250 e. The van der Waals surface area contributed by atoms with E-state index in [0.29, 0.717) is 28.0 Å². The topological polar surface area (TPSA) is 64.3 Å². The Morgan fingerprint density at radius 1 is 1.14 bits per heavy atom. The van der Waals surface area contributed by atoms with Gasteiger partial charge in [-0.25, -0.2) is 0 Å². The molecule has 0 aromatic heterocycles. The zero-order valence-corrected chi connectivity index (χ0v) is 12.6. The Balaban J connectivity index is 1.82. The Kier molecular flexibility index (Phi) is 5.44. The minimum atomic E-state index is -0.286. The molecule has 3 N–H and O–H groups in total. The number of halogens is 2. The molecule has 0 unspecified atom stereocenters. The molecule has 4 nitrogen and oxygen atoms in total. The van der Waals surface area contributed by atoms with E-state index in [-0.39, 0.29) is 12.5 Å². The van der Waals surface area contributed by atoms with E-state index in [1.54, 1.807) is 30.3 Å². The van der Waals surface area contributed by atoms with Crippen LogP contribution in [0.15, 0.2) is 42.5 Å². The second-order valence-electron chi connectivity index (χ2n) is 4.40. The predicted octanol–water partition coefficient (Wildman–Crippen LogP) is 3.73. The second kappa shape index (κ2) is 7.31. The van der Waals surface area contributed by atoms with Gasteiger partial charge in [0.1, 0.15) is 6.61 Å². The van der Waals surface area contributed by atoms with Crippen LogP contribution in [0.3, 0.4) is 0 Å². The van der Waals surface area contributed by atoms with Crippen molar-refractivity contribution in [1.29, 1.82) is 0 Å².